The molecular formula is C13H15FN2O2. The van der Waals surface area contributed by atoms with Crippen LogP contribution in [0.5, 0.6) is 5.75 Å². The fourth-order valence-electron chi connectivity index (χ4n) is 1.64. The lowest BCUT2D eigenvalue weighted by Gasteiger charge is -2.13. The van der Waals surface area contributed by atoms with Gasteiger partial charge >= 0.3 is 0 Å². The average Bonchev–Trinajstić information content (AvgIpc) is 2.73. The predicted molar refractivity (Wildman–Crippen MR) is 64.6 cm³/mol. The summed E-state index contributed by atoms with van der Waals surface area (Å²) in [7, 11) is 0. The molecule has 0 aliphatic carbocycles. The van der Waals surface area contributed by atoms with E-state index in [1.807, 2.05) is 6.92 Å². The van der Waals surface area contributed by atoms with E-state index in [-0.39, 0.29) is 18.5 Å². The van der Waals surface area contributed by atoms with Crippen molar-refractivity contribution in [3.8, 4) is 5.75 Å². The van der Waals surface area contributed by atoms with Crippen molar-refractivity contribution < 1.29 is 13.7 Å². The Bertz CT molecular complexity index is 538. The maximum absolute atomic E-state index is 13.1. The van der Waals surface area contributed by atoms with Gasteiger partial charge in [0, 0.05) is 17.7 Å². The van der Waals surface area contributed by atoms with Gasteiger partial charge in [-0.2, -0.15) is 0 Å². The van der Waals surface area contributed by atoms with E-state index in [9.17, 15) is 4.39 Å². The Balaban J connectivity index is 2.13. The van der Waals surface area contributed by atoms with Crippen molar-refractivity contribution >= 4 is 0 Å². The van der Waals surface area contributed by atoms with Crippen LogP contribution in [0.1, 0.15) is 30.0 Å². The highest BCUT2D eigenvalue weighted by Crippen LogP contribution is 2.25. The third-order valence-electron chi connectivity index (χ3n) is 2.51. The van der Waals surface area contributed by atoms with Gasteiger partial charge in [-0.15, -0.1) is 0 Å². The van der Waals surface area contributed by atoms with Crippen LogP contribution in [-0.2, 0) is 6.61 Å². The highest BCUT2D eigenvalue weighted by molar-refractivity contribution is 5.36. The normalized spacial score (nSPS) is 12.4. The quantitative estimate of drug-likeness (QED) is 0.906. The third kappa shape index (κ3) is 2.87. The Hall–Kier alpha value is -1.88. The van der Waals surface area contributed by atoms with Crippen molar-refractivity contribution in [3.63, 3.8) is 0 Å². The lowest BCUT2D eigenvalue weighted by Crippen LogP contribution is -2.08. The Labute approximate surface area is 105 Å². The van der Waals surface area contributed by atoms with Gasteiger partial charge in [0.15, 0.2) is 5.76 Å². The maximum atomic E-state index is 13.1. The fraction of sp³-hybridized carbons (Fsp3) is 0.308. The molecule has 2 aromatic rings. The molecule has 0 bridgehead atoms. The number of hydrogen-bond acceptors (Lipinski definition) is 4. The Morgan fingerprint density at radius 2 is 2.22 bits per heavy atom. The lowest BCUT2D eigenvalue weighted by molar-refractivity contribution is 0.246. The first kappa shape index (κ1) is 12.6. The zero-order chi connectivity index (χ0) is 13.1. The molecule has 0 spiro atoms. The van der Waals surface area contributed by atoms with E-state index in [4.69, 9.17) is 15.0 Å². The molecule has 0 aliphatic heterocycles. The predicted octanol–water partition coefficient (Wildman–Crippen LogP) is 2.72. The lowest BCUT2D eigenvalue weighted by atomic mass is 10.1. The van der Waals surface area contributed by atoms with Gasteiger partial charge in [0.1, 0.15) is 18.2 Å². The minimum atomic E-state index is -0.329. The largest absolute Gasteiger partial charge is 0.485 e. The van der Waals surface area contributed by atoms with Crippen LogP contribution < -0.4 is 10.5 Å². The van der Waals surface area contributed by atoms with E-state index < -0.39 is 0 Å². The van der Waals surface area contributed by atoms with Crippen LogP contribution in [0.25, 0.3) is 0 Å². The number of nitrogens with zero attached hydrogens (tertiary/aromatic N) is 1. The number of benzene rings is 1. The molecule has 0 unspecified atom stereocenters. The van der Waals surface area contributed by atoms with Crippen LogP contribution in [-0.4, -0.2) is 5.16 Å². The van der Waals surface area contributed by atoms with Gasteiger partial charge in [-0.25, -0.2) is 4.39 Å². The fourth-order valence-corrected chi connectivity index (χ4v) is 1.64. The number of aryl methyl sites for hydroxylation is 1. The van der Waals surface area contributed by atoms with Gasteiger partial charge in [-0.05, 0) is 32.0 Å². The first-order chi connectivity index (χ1) is 8.56. The highest BCUT2D eigenvalue weighted by Gasteiger charge is 2.10. The molecule has 5 heteroatoms. The van der Waals surface area contributed by atoms with Gasteiger partial charge in [-0.3, -0.25) is 0 Å². The number of hydrogen-bond donors (Lipinski definition) is 1. The standard InChI is InChI=1S/C13H15FN2O2/c1-8-5-11(18-16-8)7-17-13-4-3-10(14)6-12(13)9(2)15/h3-6,9H,7,15H2,1-2H3/t9-/m0/s1. The number of aromatic nitrogens is 1. The van der Waals surface area contributed by atoms with Crippen molar-refractivity contribution in [2.24, 2.45) is 5.73 Å². The van der Waals surface area contributed by atoms with E-state index in [1.165, 1.54) is 12.1 Å². The van der Waals surface area contributed by atoms with E-state index >= 15 is 0 Å². The molecule has 1 heterocycles. The minimum Gasteiger partial charge on any atom is -0.485 e. The molecule has 18 heavy (non-hydrogen) atoms. The SMILES string of the molecule is Cc1cc(COc2ccc(F)cc2[C@H](C)N)on1. The van der Waals surface area contributed by atoms with Crippen molar-refractivity contribution in [2.75, 3.05) is 0 Å². The molecular weight excluding hydrogens is 235 g/mol. The number of nitrogens with two attached hydrogens (primary N) is 1. The van der Waals surface area contributed by atoms with Crippen LogP contribution >= 0.6 is 0 Å². The summed E-state index contributed by atoms with van der Waals surface area (Å²) in [5.41, 5.74) is 7.20. The topological polar surface area (TPSA) is 61.3 Å². The Morgan fingerprint density at radius 1 is 1.44 bits per heavy atom. The summed E-state index contributed by atoms with van der Waals surface area (Å²) < 4.78 is 23.7. The zero-order valence-electron chi connectivity index (χ0n) is 10.3. The van der Waals surface area contributed by atoms with E-state index in [1.54, 1.807) is 19.1 Å². The summed E-state index contributed by atoms with van der Waals surface area (Å²) in [6, 6.07) is 5.78. The average molecular weight is 250 g/mol. The van der Waals surface area contributed by atoms with Crippen molar-refractivity contribution in [1.29, 1.82) is 0 Å². The molecule has 0 saturated heterocycles. The van der Waals surface area contributed by atoms with E-state index in [0.717, 1.165) is 5.69 Å². The van der Waals surface area contributed by atoms with Crippen LogP contribution in [0.3, 0.4) is 0 Å². The summed E-state index contributed by atoms with van der Waals surface area (Å²) in [4.78, 5) is 0. The summed E-state index contributed by atoms with van der Waals surface area (Å²) in [6.07, 6.45) is 0. The van der Waals surface area contributed by atoms with Gasteiger partial charge < -0.3 is 15.0 Å². The molecule has 4 nitrogen and oxygen atoms in total. The van der Waals surface area contributed by atoms with Gasteiger partial charge in [0.25, 0.3) is 0 Å². The Morgan fingerprint density at radius 3 is 2.83 bits per heavy atom. The van der Waals surface area contributed by atoms with Crippen LogP contribution in [0.4, 0.5) is 4.39 Å². The second-order valence-corrected chi connectivity index (χ2v) is 4.19. The van der Waals surface area contributed by atoms with Crippen LogP contribution in [0.15, 0.2) is 28.8 Å². The zero-order valence-corrected chi connectivity index (χ0v) is 10.3. The van der Waals surface area contributed by atoms with Crippen LogP contribution in [0, 0.1) is 12.7 Å². The minimum absolute atomic E-state index is 0.242. The smallest absolute Gasteiger partial charge is 0.174 e. The summed E-state index contributed by atoms with van der Waals surface area (Å²) in [5, 5.41) is 3.76. The first-order valence-corrected chi connectivity index (χ1v) is 5.66. The molecule has 0 aliphatic rings. The number of rotatable bonds is 4. The van der Waals surface area contributed by atoms with Crippen molar-refractivity contribution in [2.45, 2.75) is 26.5 Å². The summed E-state index contributed by atoms with van der Waals surface area (Å²) in [6.45, 7) is 3.85. The van der Waals surface area contributed by atoms with Crippen molar-refractivity contribution in [3.05, 3.63) is 47.1 Å². The molecule has 96 valence electrons. The molecule has 0 fully saturated rings. The van der Waals surface area contributed by atoms with Gasteiger partial charge in [0.2, 0.25) is 0 Å². The second-order valence-electron chi connectivity index (χ2n) is 4.19. The first-order valence-electron chi connectivity index (χ1n) is 5.66. The molecule has 2 rings (SSSR count). The maximum Gasteiger partial charge on any atom is 0.174 e. The van der Waals surface area contributed by atoms with Gasteiger partial charge in [0.05, 0.1) is 5.69 Å². The highest BCUT2D eigenvalue weighted by atomic mass is 19.1. The molecule has 0 saturated carbocycles. The monoisotopic (exact) mass is 250 g/mol. The molecule has 1 atom stereocenters. The summed E-state index contributed by atoms with van der Waals surface area (Å²) >= 11 is 0. The summed E-state index contributed by atoms with van der Waals surface area (Å²) in [5.74, 6) is 0.845. The molecule has 1 aromatic heterocycles. The molecule has 0 radical (unpaired) electrons. The van der Waals surface area contributed by atoms with Gasteiger partial charge in [-0.1, -0.05) is 5.16 Å². The number of halogens is 1. The van der Waals surface area contributed by atoms with E-state index in [0.29, 0.717) is 17.1 Å². The molecule has 2 N–H and O–H groups in total. The second kappa shape index (κ2) is 5.18. The molecule has 0 amide bonds. The number of ether oxygens (including phenoxy) is 1. The third-order valence-corrected chi connectivity index (χ3v) is 2.51. The Kier molecular flexibility index (Phi) is 3.62. The molecule has 1 aromatic carbocycles. The van der Waals surface area contributed by atoms with E-state index in [2.05, 4.69) is 5.16 Å². The van der Waals surface area contributed by atoms with Crippen LogP contribution in [0.2, 0.25) is 0 Å². The van der Waals surface area contributed by atoms with Crippen molar-refractivity contribution in [1.82, 2.24) is 5.16 Å².